The van der Waals surface area contributed by atoms with Gasteiger partial charge in [-0.15, -0.1) is 0 Å². The Morgan fingerprint density at radius 1 is 1.47 bits per heavy atom. The van der Waals surface area contributed by atoms with Crippen molar-refractivity contribution in [3.63, 3.8) is 0 Å². The Morgan fingerprint density at radius 3 is 2.65 bits per heavy atom. The molecule has 1 unspecified atom stereocenters. The molecule has 1 aromatic rings. The first kappa shape index (κ1) is 12.6. The second kappa shape index (κ2) is 5.23. The van der Waals surface area contributed by atoms with E-state index in [1.54, 1.807) is 23.9 Å². The Balaban J connectivity index is 2.16. The van der Waals surface area contributed by atoms with Crippen molar-refractivity contribution in [3.8, 4) is 0 Å². The fourth-order valence-corrected chi connectivity index (χ4v) is 2.94. The van der Waals surface area contributed by atoms with E-state index in [4.69, 9.17) is 0 Å². The summed E-state index contributed by atoms with van der Waals surface area (Å²) in [4.78, 5) is 18.1. The minimum atomic E-state index is -0.180. The van der Waals surface area contributed by atoms with Gasteiger partial charge in [0.1, 0.15) is 0 Å². The number of hydrogen-bond acceptors (Lipinski definition) is 2. The van der Waals surface area contributed by atoms with Crippen LogP contribution in [0, 0.1) is 0 Å². The number of amides is 1. The lowest BCUT2D eigenvalue weighted by Gasteiger charge is -2.08. The number of carbonyl (C=O) groups is 1. The van der Waals surface area contributed by atoms with Gasteiger partial charge in [0.15, 0.2) is 5.17 Å². The van der Waals surface area contributed by atoms with Crippen molar-refractivity contribution in [2.24, 2.45) is 4.99 Å². The number of rotatable bonds is 1. The Hall–Kier alpha value is -0.810. The number of thioether (sulfide) groups is 1. The zero-order valence-corrected chi connectivity index (χ0v) is 12.1. The van der Waals surface area contributed by atoms with E-state index in [1.807, 2.05) is 24.1 Å². The standard InChI is InChI=1S/C12H13BrN2OS/c1-8-7-15(2)12(17-8)14-11(16)9-3-5-10(13)6-4-9/h3-6,8H,7H2,1-2H3. The van der Waals surface area contributed by atoms with Crippen LogP contribution < -0.4 is 0 Å². The molecule has 1 aliphatic rings. The molecule has 1 saturated heterocycles. The summed E-state index contributed by atoms with van der Waals surface area (Å²) < 4.78 is 0.961. The maximum absolute atomic E-state index is 11.9. The summed E-state index contributed by atoms with van der Waals surface area (Å²) in [5.74, 6) is -0.180. The molecule has 2 rings (SSSR count). The first-order valence-electron chi connectivity index (χ1n) is 5.32. The summed E-state index contributed by atoms with van der Waals surface area (Å²) >= 11 is 4.99. The van der Waals surface area contributed by atoms with Gasteiger partial charge in [0.25, 0.3) is 5.91 Å². The van der Waals surface area contributed by atoms with Crippen molar-refractivity contribution in [2.75, 3.05) is 13.6 Å². The SMILES string of the molecule is CC1CN(C)C(=NC(=O)c2ccc(Br)cc2)S1. The van der Waals surface area contributed by atoms with Crippen molar-refractivity contribution in [3.05, 3.63) is 34.3 Å². The summed E-state index contributed by atoms with van der Waals surface area (Å²) in [7, 11) is 1.96. The van der Waals surface area contributed by atoms with Crippen LogP contribution in [-0.2, 0) is 0 Å². The maximum Gasteiger partial charge on any atom is 0.279 e. The maximum atomic E-state index is 11.9. The molecule has 0 bridgehead atoms. The van der Waals surface area contributed by atoms with Crippen molar-refractivity contribution in [1.82, 2.24) is 4.90 Å². The van der Waals surface area contributed by atoms with Crippen LogP contribution in [0.2, 0.25) is 0 Å². The molecule has 0 saturated carbocycles. The van der Waals surface area contributed by atoms with E-state index >= 15 is 0 Å². The molecule has 1 heterocycles. The van der Waals surface area contributed by atoms with Crippen LogP contribution in [0.1, 0.15) is 17.3 Å². The lowest BCUT2D eigenvalue weighted by Crippen LogP contribution is -2.20. The molecule has 0 N–H and O–H groups in total. The number of aliphatic imine (C=N–C) groups is 1. The van der Waals surface area contributed by atoms with Gasteiger partial charge in [-0.25, -0.2) is 0 Å². The molecule has 1 aliphatic heterocycles. The van der Waals surface area contributed by atoms with Crippen LogP contribution in [-0.4, -0.2) is 34.8 Å². The zero-order valence-electron chi connectivity index (χ0n) is 9.68. The summed E-state index contributed by atoms with van der Waals surface area (Å²) in [6, 6.07) is 7.25. The van der Waals surface area contributed by atoms with Gasteiger partial charge in [-0.2, -0.15) is 4.99 Å². The molecule has 0 spiro atoms. The molecule has 0 aliphatic carbocycles. The van der Waals surface area contributed by atoms with Crippen LogP contribution in [0.4, 0.5) is 0 Å². The van der Waals surface area contributed by atoms with Crippen molar-refractivity contribution in [2.45, 2.75) is 12.2 Å². The molecule has 0 radical (unpaired) electrons. The van der Waals surface area contributed by atoms with Crippen LogP contribution >= 0.6 is 27.7 Å². The number of nitrogens with zero attached hydrogens (tertiary/aromatic N) is 2. The third kappa shape index (κ3) is 3.10. The number of benzene rings is 1. The lowest BCUT2D eigenvalue weighted by atomic mass is 10.2. The Kier molecular flexibility index (Phi) is 3.89. The highest BCUT2D eigenvalue weighted by Gasteiger charge is 2.23. The number of hydrogen-bond donors (Lipinski definition) is 0. The summed E-state index contributed by atoms with van der Waals surface area (Å²) in [5, 5.41) is 1.31. The van der Waals surface area contributed by atoms with E-state index in [1.165, 1.54) is 0 Å². The van der Waals surface area contributed by atoms with Gasteiger partial charge < -0.3 is 4.90 Å². The van der Waals surface area contributed by atoms with E-state index in [-0.39, 0.29) is 5.91 Å². The highest BCUT2D eigenvalue weighted by Crippen LogP contribution is 2.24. The first-order valence-corrected chi connectivity index (χ1v) is 7.00. The van der Waals surface area contributed by atoms with Crippen LogP contribution in [0.3, 0.4) is 0 Å². The largest absolute Gasteiger partial charge is 0.353 e. The average Bonchev–Trinajstić information content (AvgIpc) is 2.58. The highest BCUT2D eigenvalue weighted by molar-refractivity contribution is 9.10. The second-order valence-corrected chi connectivity index (χ2v) is 6.34. The Bertz CT molecular complexity index is 458. The third-order valence-corrected chi connectivity index (χ3v) is 4.15. The predicted molar refractivity (Wildman–Crippen MR) is 75.6 cm³/mol. The predicted octanol–water partition coefficient (Wildman–Crippen LogP) is 3.01. The van der Waals surface area contributed by atoms with Crippen molar-refractivity contribution >= 4 is 38.8 Å². The highest BCUT2D eigenvalue weighted by atomic mass is 79.9. The lowest BCUT2D eigenvalue weighted by molar-refractivity contribution is 0.100. The van der Waals surface area contributed by atoms with Gasteiger partial charge >= 0.3 is 0 Å². The van der Waals surface area contributed by atoms with E-state index < -0.39 is 0 Å². The molecule has 1 atom stereocenters. The molecule has 17 heavy (non-hydrogen) atoms. The zero-order chi connectivity index (χ0) is 12.4. The third-order valence-electron chi connectivity index (χ3n) is 2.45. The topological polar surface area (TPSA) is 32.7 Å². The Labute approximate surface area is 113 Å². The summed E-state index contributed by atoms with van der Waals surface area (Å²) in [5.41, 5.74) is 0.620. The van der Waals surface area contributed by atoms with Crippen LogP contribution in [0.5, 0.6) is 0 Å². The number of amidine groups is 1. The quantitative estimate of drug-likeness (QED) is 0.799. The van der Waals surface area contributed by atoms with E-state index in [0.29, 0.717) is 10.8 Å². The van der Waals surface area contributed by atoms with Gasteiger partial charge in [0, 0.05) is 28.9 Å². The van der Waals surface area contributed by atoms with Gasteiger partial charge in [0.05, 0.1) is 0 Å². The fraction of sp³-hybridized carbons (Fsp3) is 0.333. The van der Waals surface area contributed by atoms with Gasteiger partial charge in [-0.1, -0.05) is 34.6 Å². The normalized spacial score (nSPS) is 22.2. The monoisotopic (exact) mass is 312 g/mol. The molecular formula is C12H13BrN2OS. The number of carbonyl (C=O) groups excluding carboxylic acids is 1. The summed E-state index contributed by atoms with van der Waals surface area (Å²) in [6.45, 7) is 3.07. The van der Waals surface area contributed by atoms with Gasteiger partial charge in [-0.3, -0.25) is 4.79 Å². The molecular weight excluding hydrogens is 300 g/mol. The molecule has 1 amide bonds. The van der Waals surface area contributed by atoms with Crippen LogP contribution in [0.25, 0.3) is 0 Å². The fourth-order valence-electron chi connectivity index (χ4n) is 1.63. The van der Waals surface area contributed by atoms with Gasteiger partial charge in [0.2, 0.25) is 0 Å². The minimum absolute atomic E-state index is 0.180. The van der Waals surface area contributed by atoms with Crippen molar-refractivity contribution < 1.29 is 4.79 Å². The number of halogens is 1. The van der Waals surface area contributed by atoms with Crippen molar-refractivity contribution in [1.29, 1.82) is 0 Å². The smallest absolute Gasteiger partial charge is 0.279 e. The Morgan fingerprint density at radius 2 is 2.12 bits per heavy atom. The molecule has 1 aromatic carbocycles. The first-order chi connectivity index (χ1) is 8.06. The van der Waals surface area contributed by atoms with E-state index in [2.05, 4.69) is 27.8 Å². The molecule has 1 fully saturated rings. The molecule has 5 heteroatoms. The molecule has 90 valence electrons. The van der Waals surface area contributed by atoms with E-state index in [9.17, 15) is 4.79 Å². The average molecular weight is 313 g/mol. The van der Waals surface area contributed by atoms with Gasteiger partial charge in [-0.05, 0) is 24.3 Å². The van der Waals surface area contributed by atoms with Crippen LogP contribution in [0.15, 0.2) is 33.7 Å². The summed E-state index contributed by atoms with van der Waals surface area (Å²) in [6.07, 6.45) is 0. The molecule has 3 nitrogen and oxygen atoms in total. The second-order valence-electron chi connectivity index (χ2n) is 4.02. The minimum Gasteiger partial charge on any atom is -0.353 e. The van der Waals surface area contributed by atoms with E-state index in [0.717, 1.165) is 16.2 Å². The molecule has 0 aromatic heterocycles.